The predicted octanol–water partition coefficient (Wildman–Crippen LogP) is 6.04. The standard InChI is InChI=1S/C18H15S.C5H3F9O6S2/c1-4-10-16(11-5-1)19(17-12-6-2-7-13-17)18-14-8-3-9-15-18;6-2(7,1-20-22(18,19)5(12,13)14)3(8,9)4(10,11)21(15,16)17/h1-15H;1H2,(H,15,16,17)/q+1;/p-1. The maximum atomic E-state index is 12.8. The first-order chi connectivity index (χ1) is 18.7. The first-order valence-corrected chi connectivity index (χ1v) is 14.6. The van der Waals surface area contributed by atoms with Crippen LogP contribution in [0.5, 0.6) is 0 Å². The molecule has 226 valence electrons. The molecule has 0 heterocycles. The van der Waals surface area contributed by atoms with Crippen molar-refractivity contribution < 1.29 is 65.1 Å². The second-order valence-corrected chi connectivity index (χ2v) is 12.7. The Morgan fingerprint density at radius 3 is 1.20 bits per heavy atom. The van der Waals surface area contributed by atoms with Crippen molar-refractivity contribution in [2.45, 2.75) is 37.3 Å². The molecule has 0 aliphatic heterocycles. The Morgan fingerprint density at radius 2 is 0.927 bits per heavy atom. The molecule has 0 amide bonds. The highest BCUT2D eigenvalue weighted by Crippen LogP contribution is 2.48. The quantitative estimate of drug-likeness (QED) is 0.0916. The SMILES string of the molecule is O=S(=O)([O-])C(F)(F)C(F)(F)C(F)(F)COS(=O)(=O)C(F)(F)F.c1ccc([S+](c2ccccc2)c2ccccc2)cc1. The van der Waals surface area contributed by atoms with Gasteiger partial charge in [-0.05, 0) is 36.4 Å². The second-order valence-electron chi connectivity index (χ2n) is 7.66. The molecule has 0 aromatic heterocycles. The summed E-state index contributed by atoms with van der Waals surface area (Å²) in [6.07, 6.45) is 0. The number of benzene rings is 3. The Labute approximate surface area is 231 Å². The maximum absolute atomic E-state index is 12.8. The number of hydrogen-bond donors (Lipinski definition) is 0. The number of alkyl halides is 9. The van der Waals surface area contributed by atoms with Gasteiger partial charge in [0, 0.05) is 0 Å². The monoisotopic (exact) mass is 656 g/mol. The highest BCUT2D eigenvalue weighted by atomic mass is 32.2. The lowest BCUT2D eigenvalue weighted by molar-refractivity contribution is -0.288. The van der Waals surface area contributed by atoms with Crippen LogP contribution in [0.3, 0.4) is 0 Å². The summed E-state index contributed by atoms with van der Waals surface area (Å²) in [5.74, 6) is -13.5. The van der Waals surface area contributed by atoms with E-state index in [-0.39, 0.29) is 10.9 Å². The van der Waals surface area contributed by atoms with Crippen LogP contribution >= 0.6 is 0 Å². The molecule has 0 saturated heterocycles. The van der Waals surface area contributed by atoms with Crippen LogP contribution in [0.4, 0.5) is 39.5 Å². The fourth-order valence-electron chi connectivity index (χ4n) is 2.76. The van der Waals surface area contributed by atoms with Gasteiger partial charge in [-0.3, -0.25) is 4.18 Å². The zero-order chi connectivity index (χ0) is 31.3. The average molecular weight is 657 g/mol. The molecule has 41 heavy (non-hydrogen) atoms. The van der Waals surface area contributed by atoms with E-state index in [2.05, 4.69) is 95.2 Å². The van der Waals surface area contributed by atoms with Gasteiger partial charge < -0.3 is 4.55 Å². The summed E-state index contributed by atoms with van der Waals surface area (Å²) in [6.45, 7) is -3.49. The summed E-state index contributed by atoms with van der Waals surface area (Å²) >= 11 is 0. The molecule has 0 spiro atoms. The molecule has 3 aromatic carbocycles. The van der Waals surface area contributed by atoms with Crippen molar-refractivity contribution >= 4 is 31.1 Å². The van der Waals surface area contributed by atoms with Gasteiger partial charge in [0.1, 0.15) is 6.61 Å². The van der Waals surface area contributed by atoms with E-state index in [1.54, 1.807) is 0 Å². The molecular formula is C23H17F9O6S3. The Morgan fingerprint density at radius 1 is 0.610 bits per heavy atom. The van der Waals surface area contributed by atoms with Gasteiger partial charge in [-0.2, -0.15) is 47.9 Å². The van der Waals surface area contributed by atoms with Crippen LogP contribution in [-0.4, -0.2) is 50.6 Å². The minimum atomic E-state index is -7.37. The second kappa shape index (κ2) is 12.6. The van der Waals surface area contributed by atoms with E-state index in [0.29, 0.717) is 0 Å². The molecule has 3 aromatic rings. The van der Waals surface area contributed by atoms with Crippen molar-refractivity contribution in [2.24, 2.45) is 0 Å². The first-order valence-electron chi connectivity index (χ1n) is 10.6. The lowest BCUT2D eigenvalue weighted by Crippen LogP contribution is -2.59. The van der Waals surface area contributed by atoms with Gasteiger partial charge in [-0.15, -0.1) is 0 Å². The minimum absolute atomic E-state index is 0.0146. The van der Waals surface area contributed by atoms with Crippen LogP contribution in [0.2, 0.25) is 0 Å². The lowest BCUT2D eigenvalue weighted by Gasteiger charge is -2.33. The Bertz CT molecular complexity index is 1390. The van der Waals surface area contributed by atoms with Gasteiger partial charge in [0.25, 0.3) is 0 Å². The molecule has 0 aliphatic carbocycles. The zero-order valence-corrected chi connectivity index (χ0v) is 22.4. The van der Waals surface area contributed by atoms with Crippen molar-refractivity contribution in [1.82, 2.24) is 0 Å². The summed E-state index contributed by atoms with van der Waals surface area (Å²) in [6, 6.07) is 32.2. The fourth-order valence-corrected chi connectivity index (χ4v) is 5.76. The Balaban J connectivity index is 0.000000288. The van der Waals surface area contributed by atoms with Crippen molar-refractivity contribution in [3.8, 4) is 0 Å². The van der Waals surface area contributed by atoms with E-state index >= 15 is 0 Å². The molecule has 0 saturated carbocycles. The first kappa shape index (κ1) is 34.4. The number of hydrogen-bond acceptors (Lipinski definition) is 6. The Hall–Kier alpha value is -2.80. The molecule has 6 nitrogen and oxygen atoms in total. The van der Waals surface area contributed by atoms with Crippen LogP contribution < -0.4 is 0 Å². The molecule has 0 fully saturated rings. The van der Waals surface area contributed by atoms with E-state index in [0.717, 1.165) is 0 Å². The topological polar surface area (TPSA) is 101 Å². The van der Waals surface area contributed by atoms with Gasteiger partial charge in [0.15, 0.2) is 24.8 Å². The third kappa shape index (κ3) is 7.94. The molecule has 18 heteroatoms. The summed E-state index contributed by atoms with van der Waals surface area (Å²) < 4.78 is 163. The van der Waals surface area contributed by atoms with Crippen LogP contribution in [0.1, 0.15) is 0 Å². The molecular weight excluding hydrogens is 639 g/mol. The Kier molecular flexibility index (Phi) is 10.6. The summed E-state index contributed by atoms with van der Waals surface area (Å²) in [4.78, 5) is 4.08. The van der Waals surface area contributed by atoms with Crippen LogP contribution in [0, 0.1) is 0 Å². The molecule has 0 radical (unpaired) electrons. The predicted molar refractivity (Wildman–Crippen MR) is 127 cm³/mol. The third-order valence-electron chi connectivity index (χ3n) is 4.75. The third-order valence-corrected chi connectivity index (χ3v) is 8.86. The fraction of sp³-hybridized carbons (Fsp3) is 0.217. The average Bonchev–Trinajstić information content (AvgIpc) is 2.89. The van der Waals surface area contributed by atoms with Crippen molar-refractivity contribution in [1.29, 1.82) is 0 Å². The minimum Gasteiger partial charge on any atom is -0.743 e. The molecule has 0 atom stereocenters. The van der Waals surface area contributed by atoms with Gasteiger partial charge in [-0.25, -0.2) is 8.42 Å². The largest absolute Gasteiger partial charge is 0.743 e. The van der Waals surface area contributed by atoms with E-state index in [1.807, 2.05) is 0 Å². The van der Waals surface area contributed by atoms with Crippen LogP contribution in [0.15, 0.2) is 106 Å². The molecule has 0 bridgehead atoms. The van der Waals surface area contributed by atoms with Gasteiger partial charge in [0.05, 0.1) is 10.9 Å². The van der Waals surface area contributed by atoms with Crippen LogP contribution in [-0.2, 0) is 35.3 Å². The van der Waals surface area contributed by atoms with E-state index < -0.39 is 49.5 Å². The van der Waals surface area contributed by atoms with Crippen molar-refractivity contribution in [3.05, 3.63) is 91.0 Å². The van der Waals surface area contributed by atoms with Gasteiger partial charge >= 0.3 is 32.7 Å². The summed E-state index contributed by atoms with van der Waals surface area (Å²) in [5.41, 5.74) is -6.34. The molecule has 3 rings (SSSR count). The summed E-state index contributed by atoms with van der Waals surface area (Å²) in [7, 11) is -14.2. The number of halogens is 9. The van der Waals surface area contributed by atoms with Crippen molar-refractivity contribution in [3.63, 3.8) is 0 Å². The number of rotatable bonds is 9. The van der Waals surface area contributed by atoms with Crippen LogP contribution in [0.25, 0.3) is 0 Å². The smallest absolute Gasteiger partial charge is 0.523 e. The summed E-state index contributed by atoms with van der Waals surface area (Å²) in [5, 5.41) is -6.95. The van der Waals surface area contributed by atoms with E-state index in [1.165, 1.54) is 14.7 Å². The zero-order valence-electron chi connectivity index (χ0n) is 19.9. The highest BCUT2D eigenvalue weighted by molar-refractivity contribution is 7.97. The maximum Gasteiger partial charge on any atom is 0.523 e. The van der Waals surface area contributed by atoms with Crippen molar-refractivity contribution in [2.75, 3.05) is 6.61 Å². The molecule has 0 N–H and O–H groups in total. The molecule has 0 aliphatic rings. The van der Waals surface area contributed by atoms with Gasteiger partial charge in [0.2, 0.25) is 0 Å². The highest BCUT2D eigenvalue weighted by Gasteiger charge is 2.75. The van der Waals surface area contributed by atoms with E-state index in [9.17, 15) is 60.9 Å². The van der Waals surface area contributed by atoms with Gasteiger partial charge in [-0.1, -0.05) is 54.6 Å². The van der Waals surface area contributed by atoms with E-state index in [4.69, 9.17) is 0 Å². The normalized spacial score (nSPS) is 13.4. The molecule has 0 unspecified atom stereocenters. The lowest BCUT2D eigenvalue weighted by atomic mass is 10.2.